The van der Waals surface area contributed by atoms with Gasteiger partial charge in [0.15, 0.2) is 0 Å². The number of aromatic hydroxyl groups is 1. The van der Waals surface area contributed by atoms with Crippen molar-refractivity contribution in [2.45, 2.75) is 86.0 Å². The van der Waals surface area contributed by atoms with E-state index < -0.39 is 11.9 Å². The Balaban J connectivity index is 1.41. The summed E-state index contributed by atoms with van der Waals surface area (Å²) in [4.78, 5) is 10.2. The highest BCUT2D eigenvalue weighted by molar-refractivity contribution is 5.98. The van der Waals surface area contributed by atoms with E-state index in [1.807, 2.05) is 52.0 Å². The first-order valence-corrected chi connectivity index (χ1v) is 20.2. The van der Waals surface area contributed by atoms with Crippen LogP contribution >= 0.6 is 0 Å². The maximum Gasteiger partial charge on any atom is 0.149 e. The number of hydrogen-bond acceptors (Lipinski definition) is 3. The Morgan fingerprint density at radius 3 is 2.05 bits per heavy atom. The van der Waals surface area contributed by atoms with Gasteiger partial charge in [0.25, 0.3) is 0 Å². The second-order valence-corrected chi connectivity index (χ2v) is 18.0. The topological polar surface area (TPSA) is 50.9 Å². The predicted molar refractivity (Wildman–Crippen MR) is 249 cm³/mol. The Labute approximate surface area is 358 Å². The van der Waals surface area contributed by atoms with Crippen LogP contribution in [-0.2, 0) is 10.8 Å². The van der Waals surface area contributed by atoms with E-state index in [-0.39, 0.29) is 46.3 Å². The number of aryl methyl sites for hydroxylation is 2. The summed E-state index contributed by atoms with van der Waals surface area (Å²) in [6, 6.07) is 33.0. The molecule has 0 atom stereocenters. The maximum absolute atomic E-state index is 11.8. The van der Waals surface area contributed by atoms with Crippen molar-refractivity contribution in [3.05, 3.63) is 167 Å². The molecule has 0 bridgehead atoms. The molecule has 2 aromatic heterocycles. The molecule has 0 saturated carbocycles. The van der Waals surface area contributed by atoms with Crippen LogP contribution in [0.5, 0.6) is 5.75 Å². The summed E-state index contributed by atoms with van der Waals surface area (Å²) in [5, 5.41) is 11.8. The second kappa shape index (κ2) is 15.2. The first-order chi connectivity index (χ1) is 30.4. The standard InChI is InChI=1S/C55H55N3O/c1-34(2)39-21-24-49(46(32-39)38-19-22-43(23-20-38)54(5,6)7)58-50-18-14-17-45(51(50)57-53(58)47-28-35(3)27-36(4)52(47)59)41-29-42(31-44(30-41)55(8,9)10)48-33-40(25-26-56-48)37-15-12-11-13-16-37/h11-34,59H,1-10H3/i11D,12D,13D,15D,16D,34D. The molecule has 2 heterocycles. The molecule has 59 heavy (non-hydrogen) atoms. The molecule has 0 amide bonds. The number of rotatable bonds is 7. The van der Waals surface area contributed by atoms with E-state index in [9.17, 15) is 5.11 Å². The summed E-state index contributed by atoms with van der Waals surface area (Å²) in [7, 11) is 0. The minimum atomic E-state index is -0.865. The van der Waals surface area contributed by atoms with E-state index in [2.05, 4.69) is 113 Å². The van der Waals surface area contributed by atoms with Crippen LogP contribution < -0.4 is 0 Å². The molecule has 4 heteroatoms. The van der Waals surface area contributed by atoms with E-state index in [4.69, 9.17) is 18.2 Å². The lowest BCUT2D eigenvalue weighted by Crippen LogP contribution is -2.11. The normalized spacial score (nSPS) is 13.7. The van der Waals surface area contributed by atoms with Crippen LogP contribution in [-0.4, -0.2) is 19.6 Å². The highest BCUT2D eigenvalue weighted by atomic mass is 16.3. The molecule has 4 nitrogen and oxygen atoms in total. The molecule has 296 valence electrons. The molecule has 0 unspecified atom stereocenters. The Morgan fingerprint density at radius 1 is 0.644 bits per heavy atom. The highest BCUT2D eigenvalue weighted by Gasteiger charge is 2.25. The fourth-order valence-corrected chi connectivity index (χ4v) is 7.81. The van der Waals surface area contributed by atoms with Gasteiger partial charge in [0.05, 0.1) is 34.8 Å². The molecule has 0 aliphatic heterocycles. The quantitative estimate of drug-likeness (QED) is 0.175. The molecule has 6 aromatic carbocycles. The third-order valence-electron chi connectivity index (χ3n) is 11.2. The van der Waals surface area contributed by atoms with Crippen LogP contribution in [0.3, 0.4) is 0 Å². The number of fused-ring (bicyclic) bond motifs is 1. The zero-order chi connectivity index (χ0) is 47.1. The number of pyridine rings is 1. The Kier molecular flexibility index (Phi) is 8.39. The van der Waals surface area contributed by atoms with E-state index >= 15 is 0 Å². The minimum Gasteiger partial charge on any atom is -0.507 e. The lowest BCUT2D eigenvalue weighted by molar-refractivity contribution is 0.472. The van der Waals surface area contributed by atoms with Gasteiger partial charge in [-0.25, -0.2) is 4.98 Å². The number of hydrogen-bond donors (Lipinski definition) is 1. The van der Waals surface area contributed by atoms with Gasteiger partial charge in [0.2, 0.25) is 0 Å². The summed E-state index contributed by atoms with van der Waals surface area (Å²) >= 11 is 0. The summed E-state index contributed by atoms with van der Waals surface area (Å²) < 4.78 is 53.3. The van der Waals surface area contributed by atoms with Gasteiger partial charge in [0, 0.05) is 24.3 Å². The average Bonchev–Trinajstić information content (AvgIpc) is 3.64. The first-order valence-electron chi connectivity index (χ1n) is 23.2. The Hall–Kier alpha value is -6.26. The molecular formula is C55H55N3O. The fourth-order valence-electron chi connectivity index (χ4n) is 7.81. The summed E-state index contributed by atoms with van der Waals surface area (Å²) in [6.07, 6.45) is 1.61. The van der Waals surface area contributed by atoms with Crippen LogP contribution in [0.2, 0.25) is 0 Å². The molecule has 8 rings (SSSR count). The van der Waals surface area contributed by atoms with Gasteiger partial charge < -0.3 is 5.11 Å². The summed E-state index contributed by atoms with van der Waals surface area (Å²) in [5.41, 5.74) is 13.2. The van der Waals surface area contributed by atoms with Crippen LogP contribution in [0.4, 0.5) is 0 Å². The smallest absolute Gasteiger partial charge is 0.149 e. The van der Waals surface area contributed by atoms with Crippen LogP contribution in [0.1, 0.15) is 97.3 Å². The molecule has 8 aromatic rings. The lowest BCUT2D eigenvalue weighted by atomic mass is 9.83. The fraction of sp³-hybridized carbons (Fsp3) is 0.236. The first kappa shape index (κ1) is 32.7. The van der Waals surface area contributed by atoms with Crippen LogP contribution in [0.25, 0.3) is 72.7 Å². The predicted octanol–water partition coefficient (Wildman–Crippen LogP) is 14.8. The number of nitrogens with zero attached hydrogens (tertiary/aromatic N) is 3. The molecule has 0 radical (unpaired) electrons. The molecule has 0 aliphatic rings. The van der Waals surface area contributed by atoms with Crippen LogP contribution in [0.15, 0.2) is 140 Å². The zero-order valence-electron chi connectivity index (χ0n) is 41.7. The lowest BCUT2D eigenvalue weighted by Gasteiger charge is -2.22. The SMILES string of the molecule is [2H]c1c([2H])c([2H])c(-c2ccnc(-c3cc(-c4cccc5c4nc(-c4cc(C)cc(C)c4O)n5-c4ccc(C([2H])(C)C)cc4-c4ccc(C(C)(C)C)cc4)cc(C(C)(C)C)c3)c2)c([2H])c1[2H]. The number of imidazole rings is 1. The molecule has 0 fully saturated rings. The number of phenolic OH excluding ortho intramolecular Hbond substituents is 1. The Bertz CT molecular complexity index is 3160. The molecular weight excluding hydrogens is 719 g/mol. The van der Waals surface area contributed by atoms with Crippen molar-refractivity contribution in [3.63, 3.8) is 0 Å². The van der Waals surface area contributed by atoms with E-state index in [0.29, 0.717) is 22.6 Å². The van der Waals surface area contributed by atoms with Gasteiger partial charge in [-0.2, -0.15) is 0 Å². The third-order valence-corrected chi connectivity index (χ3v) is 11.2. The van der Waals surface area contributed by atoms with E-state index in [0.717, 1.165) is 66.8 Å². The van der Waals surface area contributed by atoms with Crippen molar-refractivity contribution in [1.82, 2.24) is 14.5 Å². The highest BCUT2D eigenvalue weighted by Crippen LogP contribution is 2.43. The molecule has 0 saturated heterocycles. The van der Waals surface area contributed by atoms with Gasteiger partial charge in [0.1, 0.15) is 11.6 Å². The van der Waals surface area contributed by atoms with Gasteiger partial charge in [-0.05, 0) is 129 Å². The van der Waals surface area contributed by atoms with Gasteiger partial charge in [-0.15, -0.1) is 0 Å². The minimum absolute atomic E-state index is 0.0373. The third kappa shape index (κ3) is 7.72. The largest absolute Gasteiger partial charge is 0.507 e. The molecule has 1 N–H and O–H groups in total. The van der Waals surface area contributed by atoms with E-state index in [1.165, 1.54) is 5.56 Å². The van der Waals surface area contributed by atoms with Gasteiger partial charge >= 0.3 is 0 Å². The monoisotopic (exact) mass is 779 g/mol. The Morgan fingerprint density at radius 2 is 1.36 bits per heavy atom. The van der Waals surface area contributed by atoms with Crippen molar-refractivity contribution >= 4 is 11.0 Å². The number of para-hydroxylation sites is 1. The van der Waals surface area contributed by atoms with Crippen molar-refractivity contribution in [1.29, 1.82) is 0 Å². The number of benzene rings is 6. The summed E-state index contributed by atoms with van der Waals surface area (Å²) in [6.45, 7) is 20.8. The van der Waals surface area contributed by atoms with E-state index in [1.54, 1.807) is 18.3 Å². The zero-order valence-corrected chi connectivity index (χ0v) is 35.7. The van der Waals surface area contributed by atoms with Crippen molar-refractivity contribution in [2.24, 2.45) is 0 Å². The average molecular weight is 780 g/mol. The number of phenols is 1. The van der Waals surface area contributed by atoms with Gasteiger partial charge in [-0.3, -0.25) is 9.55 Å². The van der Waals surface area contributed by atoms with Crippen molar-refractivity contribution in [3.8, 4) is 67.5 Å². The second-order valence-electron chi connectivity index (χ2n) is 18.0. The van der Waals surface area contributed by atoms with Crippen molar-refractivity contribution < 1.29 is 13.3 Å². The van der Waals surface area contributed by atoms with Crippen molar-refractivity contribution in [2.75, 3.05) is 0 Å². The summed E-state index contributed by atoms with van der Waals surface area (Å²) in [5.74, 6) is -0.144. The van der Waals surface area contributed by atoms with Crippen LogP contribution in [0, 0.1) is 13.8 Å². The maximum atomic E-state index is 11.8. The molecule has 0 spiro atoms. The van der Waals surface area contributed by atoms with Gasteiger partial charge in [-0.1, -0.05) is 140 Å². The number of aromatic nitrogens is 3. The molecule has 0 aliphatic carbocycles.